The lowest BCUT2D eigenvalue weighted by molar-refractivity contribution is 0.119. The van der Waals surface area contributed by atoms with Crippen molar-refractivity contribution in [2.75, 3.05) is 19.5 Å². The maximum atomic E-state index is 11.8. The molecular formula is C18H24N2O3S. The lowest BCUT2D eigenvalue weighted by Crippen LogP contribution is -2.18. The Morgan fingerprint density at radius 3 is 2.25 bits per heavy atom. The van der Waals surface area contributed by atoms with E-state index >= 15 is 0 Å². The third-order valence-corrected chi connectivity index (χ3v) is 5.48. The lowest BCUT2D eigenvalue weighted by atomic mass is 10.1. The van der Waals surface area contributed by atoms with Crippen LogP contribution in [-0.2, 0) is 14.8 Å². The third kappa shape index (κ3) is 4.35. The summed E-state index contributed by atoms with van der Waals surface area (Å²) < 4.78 is 31.2. The summed E-state index contributed by atoms with van der Waals surface area (Å²) in [4.78, 5) is 0.261. The van der Waals surface area contributed by atoms with E-state index in [1.807, 2.05) is 44.2 Å². The van der Waals surface area contributed by atoms with Crippen molar-refractivity contribution >= 4 is 15.7 Å². The van der Waals surface area contributed by atoms with Gasteiger partial charge in [-0.3, -0.25) is 0 Å². The van der Waals surface area contributed by atoms with Gasteiger partial charge in [-0.1, -0.05) is 24.3 Å². The van der Waals surface area contributed by atoms with Gasteiger partial charge in [0.15, 0.2) is 0 Å². The highest BCUT2D eigenvalue weighted by atomic mass is 32.2. The number of hydrogen-bond donors (Lipinski definition) is 2. The normalized spacial score (nSPS) is 14.2. The molecule has 2 rings (SSSR count). The average molecular weight is 348 g/mol. The molecule has 0 saturated carbocycles. The molecular weight excluding hydrogens is 324 g/mol. The van der Waals surface area contributed by atoms with Crippen LogP contribution in [0.5, 0.6) is 0 Å². The molecule has 2 N–H and O–H groups in total. The number of anilines is 1. The lowest BCUT2D eigenvalue weighted by Gasteiger charge is -2.18. The largest absolute Gasteiger partial charge is 0.379 e. The van der Waals surface area contributed by atoms with Crippen molar-refractivity contribution in [1.29, 1.82) is 0 Å². The van der Waals surface area contributed by atoms with Crippen LogP contribution < -0.4 is 10.0 Å². The molecule has 0 radical (unpaired) electrons. The zero-order chi connectivity index (χ0) is 17.7. The number of methoxy groups -OCH3 is 1. The Balaban J connectivity index is 2.14. The minimum absolute atomic E-state index is 0.0353. The number of ether oxygens (including phenoxy) is 1. The van der Waals surface area contributed by atoms with Crippen LogP contribution in [0.1, 0.15) is 37.1 Å². The molecule has 0 saturated heterocycles. The van der Waals surface area contributed by atoms with Gasteiger partial charge in [0.05, 0.1) is 11.0 Å². The average Bonchev–Trinajstić information content (AvgIpc) is 2.61. The zero-order valence-electron chi connectivity index (χ0n) is 14.4. The first-order valence-corrected chi connectivity index (χ1v) is 9.28. The highest BCUT2D eigenvalue weighted by Gasteiger charge is 2.12. The summed E-state index contributed by atoms with van der Waals surface area (Å²) in [5.74, 6) is 0. The van der Waals surface area contributed by atoms with Crippen LogP contribution >= 0.6 is 0 Å². The fourth-order valence-corrected chi connectivity index (χ4v) is 3.13. The Morgan fingerprint density at radius 1 is 1.00 bits per heavy atom. The second kappa shape index (κ2) is 7.79. The van der Waals surface area contributed by atoms with Crippen molar-refractivity contribution in [3.63, 3.8) is 0 Å². The van der Waals surface area contributed by atoms with E-state index in [-0.39, 0.29) is 17.0 Å². The molecule has 5 nitrogen and oxygen atoms in total. The van der Waals surface area contributed by atoms with Crippen LogP contribution in [0.4, 0.5) is 5.69 Å². The number of benzene rings is 2. The quantitative estimate of drug-likeness (QED) is 0.804. The van der Waals surface area contributed by atoms with Gasteiger partial charge in [-0.05, 0) is 56.3 Å². The molecule has 0 heterocycles. The molecule has 130 valence electrons. The van der Waals surface area contributed by atoms with Crippen molar-refractivity contribution in [3.05, 3.63) is 59.7 Å². The summed E-state index contributed by atoms with van der Waals surface area (Å²) in [6.45, 7) is 4.04. The molecule has 2 aromatic carbocycles. The molecule has 0 aliphatic rings. The summed E-state index contributed by atoms with van der Waals surface area (Å²) in [6.07, 6.45) is 0.0353. The van der Waals surface area contributed by atoms with Crippen molar-refractivity contribution in [1.82, 2.24) is 4.72 Å². The minimum Gasteiger partial charge on any atom is -0.379 e. The summed E-state index contributed by atoms with van der Waals surface area (Å²) in [5.41, 5.74) is 3.11. The Morgan fingerprint density at radius 2 is 1.67 bits per heavy atom. The zero-order valence-corrected chi connectivity index (χ0v) is 15.2. The summed E-state index contributed by atoms with van der Waals surface area (Å²) in [7, 11) is -0.309. The van der Waals surface area contributed by atoms with E-state index in [1.54, 1.807) is 19.2 Å². The predicted molar refractivity (Wildman–Crippen MR) is 96.6 cm³/mol. The van der Waals surface area contributed by atoms with Gasteiger partial charge in [0, 0.05) is 18.8 Å². The highest BCUT2D eigenvalue weighted by molar-refractivity contribution is 7.89. The van der Waals surface area contributed by atoms with Crippen molar-refractivity contribution in [2.45, 2.75) is 30.9 Å². The second-order valence-corrected chi connectivity index (χ2v) is 7.53. The molecule has 2 atom stereocenters. The second-order valence-electron chi connectivity index (χ2n) is 5.65. The van der Waals surface area contributed by atoms with E-state index < -0.39 is 10.0 Å². The molecule has 0 fully saturated rings. The van der Waals surface area contributed by atoms with E-state index in [9.17, 15) is 8.42 Å². The van der Waals surface area contributed by atoms with Crippen molar-refractivity contribution in [3.8, 4) is 0 Å². The molecule has 2 aromatic rings. The van der Waals surface area contributed by atoms with Gasteiger partial charge in [0.1, 0.15) is 0 Å². The molecule has 0 bridgehead atoms. The van der Waals surface area contributed by atoms with Crippen molar-refractivity contribution in [2.24, 2.45) is 0 Å². The maximum absolute atomic E-state index is 11.8. The maximum Gasteiger partial charge on any atom is 0.240 e. The van der Waals surface area contributed by atoms with Crippen LogP contribution in [0.3, 0.4) is 0 Å². The summed E-state index contributed by atoms with van der Waals surface area (Å²) in [5, 5.41) is 3.43. The molecule has 0 aliphatic carbocycles. The Bertz CT molecular complexity index is 773. The van der Waals surface area contributed by atoms with Crippen molar-refractivity contribution < 1.29 is 13.2 Å². The van der Waals surface area contributed by atoms with Gasteiger partial charge in [-0.25, -0.2) is 13.1 Å². The van der Waals surface area contributed by atoms with Gasteiger partial charge < -0.3 is 10.1 Å². The number of nitrogens with one attached hydrogen (secondary N) is 2. The number of sulfonamides is 1. The minimum atomic E-state index is -3.40. The fraction of sp³-hybridized carbons (Fsp3) is 0.333. The van der Waals surface area contributed by atoms with Gasteiger partial charge in [-0.15, -0.1) is 0 Å². The number of rotatable bonds is 7. The van der Waals surface area contributed by atoms with Gasteiger partial charge in [0.25, 0.3) is 0 Å². The topological polar surface area (TPSA) is 67.4 Å². The van der Waals surface area contributed by atoms with E-state index in [4.69, 9.17) is 4.74 Å². The van der Waals surface area contributed by atoms with Crippen LogP contribution in [-0.4, -0.2) is 22.6 Å². The van der Waals surface area contributed by atoms with Gasteiger partial charge >= 0.3 is 0 Å². The standard InChI is InChI=1S/C18H24N2O3S/c1-13(15-8-10-18(11-9-15)24(21,22)19-3)20-17-7-5-6-16(12-17)14(2)23-4/h5-14,19-20H,1-4H3. The fourth-order valence-electron chi connectivity index (χ4n) is 2.40. The van der Waals surface area contributed by atoms with Gasteiger partial charge in [0.2, 0.25) is 10.0 Å². The Hall–Kier alpha value is -1.89. The van der Waals surface area contributed by atoms with E-state index in [2.05, 4.69) is 16.1 Å². The highest BCUT2D eigenvalue weighted by Crippen LogP contribution is 2.24. The monoisotopic (exact) mass is 348 g/mol. The van der Waals surface area contributed by atoms with Gasteiger partial charge in [-0.2, -0.15) is 0 Å². The molecule has 2 unspecified atom stereocenters. The van der Waals surface area contributed by atoms with Crippen LogP contribution in [0.15, 0.2) is 53.4 Å². The predicted octanol–water partition coefficient (Wildman–Crippen LogP) is 3.48. The Kier molecular flexibility index (Phi) is 5.99. The first-order chi connectivity index (χ1) is 11.4. The first-order valence-electron chi connectivity index (χ1n) is 7.80. The van der Waals surface area contributed by atoms with Crippen LogP contribution in [0.2, 0.25) is 0 Å². The molecule has 0 spiro atoms. The van der Waals surface area contributed by atoms with Crippen LogP contribution in [0, 0.1) is 0 Å². The SMILES string of the molecule is CNS(=O)(=O)c1ccc(C(C)Nc2cccc(C(C)OC)c2)cc1. The van der Waals surface area contributed by atoms with E-state index in [0.717, 1.165) is 16.8 Å². The molecule has 24 heavy (non-hydrogen) atoms. The molecule has 0 amide bonds. The number of hydrogen-bond acceptors (Lipinski definition) is 4. The first kappa shape index (κ1) is 18.4. The van der Waals surface area contributed by atoms with E-state index in [1.165, 1.54) is 7.05 Å². The van der Waals surface area contributed by atoms with E-state index in [0.29, 0.717) is 0 Å². The summed E-state index contributed by atoms with van der Waals surface area (Å²) in [6, 6.07) is 15.0. The Labute approximate surface area is 144 Å². The molecule has 0 aliphatic heterocycles. The third-order valence-electron chi connectivity index (χ3n) is 4.05. The molecule has 0 aromatic heterocycles. The summed E-state index contributed by atoms with van der Waals surface area (Å²) >= 11 is 0. The smallest absolute Gasteiger partial charge is 0.240 e. The molecule has 6 heteroatoms. The van der Waals surface area contributed by atoms with Crippen LogP contribution in [0.25, 0.3) is 0 Å².